The molecular formula is C14H25N5O2. The van der Waals surface area contributed by atoms with Crippen molar-refractivity contribution in [1.29, 1.82) is 0 Å². The third-order valence-electron chi connectivity index (χ3n) is 3.03. The molecule has 0 spiro atoms. The summed E-state index contributed by atoms with van der Waals surface area (Å²) in [5.41, 5.74) is 6.47. The minimum atomic E-state index is 0.201. The number of rotatable bonds is 8. The van der Waals surface area contributed by atoms with E-state index in [4.69, 9.17) is 15.7 Å². The molecule has 7 heteroatoms. The molecule has 0 amide bonds. The maximum absolute atomic E-state index is 8.65. The molecule has 0 unspecified atom stereocenters. The number of amidine groups is 1. The standard InChI is InChI=1S/C14H25N5O2/c1-10(2)14-16-11(3)9-13(17-14)19(7-8-21-4)6-5-12(15)18-20/h9-10,20H,5-8H2,1-4H3,(H2,15,18). The Labute approximate surface area is 125 Å². The van der Waals surface area contributed by atoms with Crippen molar-refractivity contribution < 1.29 is 9.94 Å². The first-order chi connectivity index (χ1) is 9.97. The molecule has 0 radical (unpaired) electrons. The van der Waals surface area contributed by atoms with E-state index >= 15 is 0 Å². The molecular weight excluding hydrogens is 270 g/mol. The normalized spacial score (nSPS) is 12.0. The molecule has 1 aromatic heterocycles. The summed E-state index contributed by atoms with van der Waals surface area (Å²) in [6.07, 6.45) is 0.459. The number of hydrogen-bond acceptors (Lipinski definition) is 6. The number of nitrogens with two attached hydrogens (primary N) is 1. The number of ether oxygens (including phenoxy) is 1. The molecule has 0 aliphatic heterocycles. The van der Waals surface area contributed by atoms with E-state index in [0.717, 1.165) is 17.3 Å². The monoisotopic (exact) mass is 295 g/mol. The minimum absolute atomic E-state index is 0.201. The van der Waals surface area contributed by atoms with Crippen LogP contribution in [0, 0.1) is 6.92 Å². The molecule has 0 aliphatic rings. The van der Waals surface area contributed by atoms with Crippen LogP contribution in [-0.4, -0.2) is 47.8 Å². The van der Waals surface area contributed by atoms with E-state index in [1.165, 1.54) is 0 Å². The van der Waals surface area contributed by atoms with Gasteiger partial charge in [0.1, 0.15) is 17.5 Å². The number of hydrogen-bond donors (Lipinski definition) is 2. The van der Waals surface area contributed by atoms with E-state index in [9.17, 15) is 0 Å². The zero-order chi connectivity index (χ0) is 15.8. The zero-order valence-electron chi connectivity index (χ0n) is 13.2. The number of methoxy groups -OCH3 is 1. The van der Waals surface area contributed by atoms with Gasteiger partial charge in [-0.15, -0.1) is 0 Å². The largest absolute Gasteiger partial charge is 0.409 e. The average molecular weight is 295 g/mol. The van der Waals surface area contributed by atoms with Crippen molar-refractivity contribution in [2.24, 2.45) is 10.9 Å². The maximum atomic E-state index is 8.65. The Hall–Kier alpha value is -1.89. The molecule has 3 N–H and O–H groups in total. The molecule has 21 heavy (non-hydrogen) atoms. The maximum Gasteiger partial charge on any atom is 0.140 e. The van der Waals surface area contributed by atoms with E-state index in [0.29, 0.717) is 26.1 Å². The third-order valence-corrected chi connectivity index (χ3v) is 3.03. The second-order valence-electron chi connectivity index (χ2n) is 5.20. The predicted octanol–water partition coefficient (Wildman–Crippen LogP) is 1.50. The van der Waals surface area contributed by atoms with E-state index in [1.807, 2.05) is 13.0 Å². The van der Waals surface area contributed by atoms with Crippen LogP contribution in [0.2, 0.25) is 0 Å². The van der Waals surface area contributed by atoms with Gasteiger partial charge >= 0.3 is 0 Å². The number of oxime groups is 1. The van der Waals surface area contributed by atoms with Gasteiger partial charge in [0.05, 0.1) is 6.61 Å². The first-order valence-corrected chi connectivity index (χ1v) is 7.03. The quantitative estimate of drug-likeness (QED) is 0.326. The van der Waals surface area contributed by atoms with Gasteiger partial charge in [-0.25, -0.2) is 9.97 Å². The van der Waals surface area contributed by atoms with Crippen LogP contribution in [0.4, 0.5) is 5.82 Å². The zero-order valence-corrected chi connectivity index (χ0v) is 13.2. The summed E-state index contributed by atoms with van der Waals surface area (Å²) in [6, 6.07) is 1.94. The molecule has 1 aromatic rings. The van der Waals surface area contributed by atoms with Crippen LogP contribution in [-0.2, 0) is 4.74 Å². The average Bonchev–Trinajstić information content (AvgIpc) is 2.46. The summed E-state index contributed by atoms with van der Waals surface area (Å²) in [6.45, 7) is 7.95. The van der Waals surface area contributed by atoms with Gasteiger partial charge in [-0.3, -0.25) is 0 Å². The fourth-order valence-corrected chi connectivity index (χ4v) is 1.84. The van der Waals surface area contributed by atoms with Gasteiger partial charge in [-0.05, 0) is 6.92 Å². The van der Waals surface area contributed by atoms with Gasteiger partial charge < -0.3 is 20.6 Å². The molecule has 0 aromatic carbocycles. The molecule has 118 valence electrons. The first-order valence-electron chi connectivity index (χ1n) is 7.03. The second-order valence-corrected chi connectivity index (χ2v) is 5.20. The van der Waals surface area contributed by atoms with Gasteiger partial charge in [0.2, 0.25) is 0 Å². The molecule has 0 saturated heterocycles. The Morgan fingerprint density at radius 3 is 2.71 bits per heavy atom. The fourth-order valence-electron chi connectivity index (χ4n) is 1.84. The van der Waals surface area contributed by atoms with Gasteiger partial charge in [0.15, 0.2) is 0 Å². The van der Waals surface area contributed by atoms with Crippen molar-refractivity contribution in [3.05, 3.63) is 17.6 Å². The lowest BCUT2D eigenvalue weighted by Gasteiger charge is -2.24. The van der Waals surface area contributed by atoms with Crippen LogP contribution >= 0.6 is 0 Å². The molecule has 0 aliphatic carbocycles. The lowest BCUT2D eigenvalue weighted by molar-refractivity contribution is 0.205. The fraction of sp³-hybridized carbons (Fsp3) is 0.643. The van der Waals surface area contributed by atoms with Gasteiger partial charge in [0.25, 0.3) is 0 Å². The molecule has 0 atom stereocenters. The highest BCUT2D eigenvalue weighted by Crippen LogP contribution is 2.17. The Kier molecular flexibility index (Phi) is 6.87. The number of aryl methyl sites for hydroxylation is 1. The molecule has 1 heterocycles. The summed E-state index contributed by atoms with van der Waals surface area (Å²) in [5, 5.41) is 11.7. The van der Waals surface area contributed by atoms with Crippen molar-refractivity contribution in [3.63, 3.8) is 0 Å². The second kappa shape index (κ2) is 8.41. The van der Waals surface area contributed by atoms with E-state index in [2.05, 4.69) is 33.9 Å². The number of anilines is 1. The Morgan fingerprint density at radius 2 is 2.14 bits per heavy atom. The molecule has 1 rings (SSSR count). The Morgan fingerprint density at radius 1 is 1.43 bits per heavy atom. The van der Waals surface area contributed by atoms with Crippen LogP contribution in [0.25, 0.3) is 0 Å². The van der Waals surface area contributed by atoms with Crippen LogP contribution < -0.4 is 10.6 Å². The van der Waals surface area contributed by atoms with E-state index < -0.39 is 0 Å². The van der Waals surface area contributed by atoms with Gasteiger partial charge in [-0.1, -0.05) is 19.0 Å². The third kappa shape index (κ3) is 5.55. The van der Waals surface area contributed by atoms with E-state index in [-0.39, 0.29) is 11.8 Å². The summed E-state index contributed by atoms with van der Waals surface area (Å²) < 4.78 is 5.14. The number of nitrogens with zero attached hydrogens (tertiary/aromatic N) is 4. The molecule has 0 fully saturated rings. The summed E-state index contributed by atoms with van der Waals surface area (Å²) >= 11 is 0. The van der Waals surface area contributed by atoms with Crippen LogP contribution in [0.1, 0.15) is 37.7 Å². The summed E-state index contributed by atoms with van der Waals surface area (Å²) in [7, 11) is 1.66. The van der Waals surface area contributed by atoms with Gasteiger partial charge in [-0.2, -0.15) is 0 Å². The van der Waals surface area contributed by atoms with Crippen molar-refractivity contribution >= 4 is 11.7 Å². The Bertz CT molecular complexity index is 476. The first kappa shape index (κ1) is 17.2. The van der Waals surface area contributed by atoms with Crippen molar-refractivity contribution in [1.82, 2.24) is 9.97 Å². The molecule has 0 bridgehead atoms. The van der Waals surface area contributed by atoms with Crippen LogP contribution in [0.3, 0.4) is 0 Å². The highest BCUT2D eigenvalue weighted by Gasteiger charge is 2.13. The lowest BCUT2D eigenvalue weighted by Crippen LogP contribution is -2.32. The topological polar surface area (TPSA) is 96.9 Å². The summed E-state index contributed by atoms with van der Waals surface area (Å²) in [4.78, 5) is 11.1. The Balaban J connectivity index is 2.95. The number of aromatic nitrogens is 2. The highest BCUT2D eigenvalue weighted by atomic mass is 16.5. The lowest BCUT2D eigenvalue weighted by atomic mass is 10.2. The van der Waals surface area contributed by atoms with Crippen molar-refractivity contribution in [2.75, 3.05) is 31.7 Å². The van der Waals surface area contributed by atoms with Crippen molar-refractivity contribution in [2.45, 2.75) is 33.1 Å². The molecule has 7 nitrogen and oxygen atoms in total. The predicted molar refractivity (Wildman–Crippen MR) is 83.0 cm³/mol. The van der Waals surface area contributed by atoms with Crippen LogP contribution in [0.15, 0.2) is 11.2 Å². The van der Waals surface area contributed by atoms with Crippen molar-refractivity contribution in [3.8, 4) is 0 Å². The van der Waals surface area contributed by atoms with E-state index in [1.54, 1.807) is 7.11 Å². The minimum Gasteiger partial charge on any atom is -0.409 e. The van der Waals surface area contributed by atoms with Gasteiger partial charge in [0, 0.05) is 44.3 Å². The molecule has 0 saturated carbocycles. The SMILES string of the molecule is COCCN(CCC(N)=NO)c1cc(C)nc(C(C)C)n1. The van der Waals surface area contributed by atoms with Crippen LogP contribution in [0.5, 0.6) is 0 Å². The highest BCUT2D eigenvalue weighted by molar-refractivity contribution is 5.80. The smallest absolute Gasteiger partial charge is 0.140 e. The summed E-state index contributed by atoms with van der Waals surface area (Å²) in [5.74, 6) is 2.12.